The maximum atomic E-state index is 14.5. The number of amides is 1. The zero-order chi connectivity index (χ0) is 23.4. The number of halogens is 2. The summed E-state index contributed by atoms with van der Waals surface area (Å²) in [7, 11) is -3.90. The first kappa shape index (κ1) is 22.7. The minimum atomic E-state index is -3.90. The third kappa shape index (κ3) is 5.47. The molecule has 1 heterocycles. The van der Waals surface area contributed by atoms with Crippen LogP contribution in [0.5, 0.6) is 0 Å². The lowest BCUT2D eigenvalue weighted by molar-refractivity contribution is 0.102. The normalized spacial score (nSPS) is 14.1. The summed E-state index contributed by atoms with van der Waals surface area (Å²) in [5, 5.41) is 2.63. The van der Waals surface area contributed by atoms with Crippen LogP contribution in [-0.2, 0) is 14.8 Å². The van der Waals surface area contributed by atoms with Gasteiger partial charge in [-0.1, -0.05) is 0 Å². The van der Waals surface area contributed by atoms with Gasteiger partial charge in [-0.15, -0.1) is 0 Å². The van der Waals surface area contributed by atoms with E-state index in [0.717, 1.165) is 24.3 Å². The van der Waals surface area contributed by atoms with Crippen molar-refractivity contribution in [3.05, 3.63) is 83.9 Å². The molecule has 0 saturated carbocycles. The molecule has 172 valence electrons. The summed E-state index contributed by atoms with van der Waals surface area (Å²) in [4.78, 5) is 14.3. The van der Waals surface area contributed by atoms with Crippen molar-refractivity contribution in [1.29, 1.82) is 0 Å². The third-order valence-electron chi connectivity index (χ3n) is 5.08. The Labute approximate surface area is 190 Å². The molecule has 3 aromatic carbocycles. The lowest BCUT2D eigenvalue weighted by Crippen LogP contribution is -2.36. The van der Waals surface area contributed by atoms with Gasteiger partial charge in [0.1, 0.15) is 11.6 Å². The predicted octanol–water partition coefficient (Wildman–Crippen LogP) is 3.85. The molecule has 0 atom stereocenters. The lowest BCUT2D eigenvalue weighted by atomic mass is 10.2. The zero-order valence-corrected chi connectivity index (χ0v) is 18.2. The summed E-state index contributed by atoms with van der Waals surface area (Å²) in [6, 6.07) is 14.7. The fourth-order valence-corrected chi connectivity index (χ4v) is 4.42. The highest BCUT2D eigenvalue weighted by Gasteiger charge is 2.17. The van der Waals surface area contributed by atoms with Gasteiger partial charge in [0.15, 0.2) is 0 Å². The van der Waals surface area contributed by atoms with E-state index in [2.05, 4.69) is 10.0 Å². The molecule has 7 nitrogen and oxygen atoms in total. The smallest absolute Gasteiger partial charge is 0.261 e. The molecular formula is C23H21F2N3O4S. The van der Waals surface area contributed by atoms with Crippen molar-refractivity contribution in [2.75, 3.05) is 41.2 Å². The molecule has 1 aliphatic heterocycles. The SMILES string of the molecule is O=C(Nc1ccc(N2CCOCC2)c(F)c1)c1ccc(NS(=O)(=O)c2ccc(F)cc2)cc1. The van der Waals surface area contributed by atoms with Crippen molar-refractivity contribution >= 4 is 33.0 Å². The molecule has 0 spiro atoms. The summed E-state index contributed by atoms with van der Waals surface area (Å²) >= 11 is 0. The summed E-state index contributed by atoms with van der Waals surface area (Å²) < 4.78 is 60.0. The van der Waals surface area contributed by atoms with E-state index in [1.54, 1.807) is 12.1 Å². The molecule has 4 rings (SSSR count). The molecule has 10 heteroatoms. The molecule has 1 fully saturated rings. The molecule has 2 N–H and O–H groups in total. The number of hydrogen-bond donors (Lipinski definition) is 2. The Morgan fingerprint density at radius 1 is 0.879 bits per heavy atom. The molecule has 1 amide bonds. The Bertz CT molecular complexity index is 1240. The average molecular weight is 474 g/mol. The number of benzene rings is 3. The van der Waals surface area contributed by atoms with Crippen molar-refractivity contribution < 1.29 is 26.7 Å². The second kappa shape index (κ2) is 9.55. The van der Waals surface area contributed by atoms with Crippen LogP contribution < -0.4 is 14.9 Å². The van der Waals surface area contributed by atoms with Gasteiger partial charge in [0.2, 0.25) is 0 Å². The fraction of sp³-hybridized carbons (Fsp3) is 0.174. The number of nitrogens with one attached hydrogen (secondary N) is 2. The van der Waals surface area contributed by atoms with Crippen LogP contribution in [-0.4, -0.2) is 40.6 Å². The first-order valence-corrected chi connectivity index (χ1v) is 11.6. The van der Waals surface area contributed by atoms with Crippen LogP contribution in [0.4, 0.5) is 25.8 Å². The molecule has 0 aliphatic carbocycles. The summed E-state index contributed by atoms with van der Waals surface area (Å²) in [6.07, 6.45) is 0. The number of carbonyl (C=O) groups is 1. The van der Waals surface area contributed by atoms with Gasteiger partial charge in [-0.25, -0.2) is 17.2 Å². The van der Waals surface area contributed by atoms with Crippen molar-refractivity contribution in [3.8, 4) is 0 Å². The predicted molar refractivity (Wildman–Crippen MR) is 121 cm³/mol. The van der Waals surface area contributed by atoms with Gasteiger partial charge in [-0.3, -0.25) is 9.52 Å². The van der Waals surface area contributed by atoms with E-state index in [-0.39, 0.29) is 16.1 Å². The van der Waals surface area contributed by atoms with Crippen LogP contribution >= 0.6 is 0 Å². The van der Waals surface area contributed by atoms with Crippen LogP contribution in [0.2, 0.25) is 0 Å². The van der Waals surface area contributed by atoms with Gasteiger partial charge in [-0.2, -0.15) is 0 Å². The van der Waals surface area contributed by atoms with Crippen LogP contribution in [0.1, 0.15) is 10.4 Å². The zero-order valence-electron chi connectivity index (χ0n) is 17.4. The second-order valence-corrected chi connectivity index (χ2v) is 9.04. The quantitative estimate of drug-likeness (QED) is 0.568. The van der Waals surface area contributed by atoms with E-state index in [4.69, 9.17) is 4.74 Å². The standard InChI is InChI=1S/C23H21F2N3O4S/c24-17-3-8-20(9-4-17)33(30,31)27-18-5-1-16(2-6-18)23(29)26-19-7-10-22(21(25)15-19)28-11-13-32-14-12-28/h1-10,15,27H,11-14H2,(H,26,29). The van der Waals surface area contributed by atoms with E-state index in [0.29, 0.717) is 37.7 Å². The molecule has 0 aromatic heterocycles. The molecule has 1 aliphatic rings. The van der Waals surface area contributed by atoms with Crippen molar-refractivity contribution in [3.63, 3.8) is 0 Å². The number of nitrogens with zero attached hydrogens (tertiary/aromatic N) is 1. The number of anilines is 3. The van der Waals surface area contributed by atoms with E-state index in [9.17, 15) is 22.0 Å². The number of morpholine rings is 1. The first-order chi connectivity index (χ1) is 15.8. The van der Waals surface area contributed by atoms with Gasteiger partial charge in [0, 0.05) is 30.0 Å². The lowest BCUT2D eigenvalue weighted by Gasteiger charge is -2.29. The number of sulfonamides is 1. The summed E-state index contributed by atoms with van der Waals surface area (Å²) in [5.74, 6) is -1.46. The van der Waals surface area contributed by atoms with Gasteiger partial charge in [0.05, 0.1) is 23.8 Å². The number of rotatable bonds is 6. The Morgan fingerprint density at radius 2 is 1.52 bits per heavy atom. The van der Waals surface area contributed by atoms with E-state index >= 15 is 0 Å². The van der Waals surface area contributed by atoms with Gasteiger partial charge in [0.25, 0.3) is 15.9 Å². The number of carbonyl (C=O) groups excluding carboxylic acids is 1. The minimum absolute atomic E-state index is 0.0896. The molecule has 0 bridgehead atoms. The average Bonchev–Trinajstić information content (AvgIpc) is 2.80. The monoisotopic (exact) mass is 473 g/mol. The second-order valence-electron chi connectivity index (χ2n) is 7.36. The van der Waals surface area contributed by atoms with E-state index in [1.807, 2.05) is 4.90 Å². The first-order valence-electron chi connectivity index (χ1n) is 10.1. The molecule has 0 radical (unpaired) electrons. The minimum Gasteiger partial charge on any atom is -0.378 e. The van der Waals surface area contributed by atoms with E-state index < -0.39 is 27.6 Å². The fourth-order valence-electron chi connectivity index (χ4n) is 3.37. The summed E-state index contributed by atoms with van der Waals surface area (Å²) in [5.41, 5.74) is 1.25. The van der Waals surface area contributed by atoms with Gasteiger partial charge >= 0.3 is 0 Å². The van der Waals surface area contributed by atoms with Crippen LogP contribution in [0.25, 0.3) is 0 Å². The molecule has 3 aromatic rings. The maximum absolute atomic E-state index is 14.5. The number of ether oxygens (including phenoxy) is 1. The summed E-state index contributed by atoms with van der Waals surface area (Å²) in [6.45, 7) is 2.27. The highest BCUT2D eigenvalue weighted by molar-refractivity contribution is 7.92. The molecule has 0 unspecified atom stereocenters. The van der Waals surface area contributed by atoms with Crippen LogP contribution in [0.15, 0.2) is 71.6 Å². The topological polar surface area (TPSA) is 87.7 Å². The largest absolute Gasteiger partial charge is 0.378 e. The molecule has 1 saturated heterocycles. The van der Waals surface area contributed by atoms with Crippen molar-refractivity contribution in [2.24, 2.45) is 0 Å². The van der Waals surface area contributed by atoms with Crippen LogP contribution in [0.3, 0.4) is 0 Å². The Balaban J connectivity index is 1.41. The maximum Gasteiger partial charge on any atom is 0.261 e. The number of hydrogen-bond acceptors (Lipinski definition) is 5. The third-order valence-corrected chi connectivity index (χ3v) is 6.48. The van der Waals surface area contributed by atoms with Crippen molar-refractivity contribution in [2.45, 2.75) is 4.90 Å². The Kier molecular flexibility index (Phi) is 6.57. The van der Waals surface area contributed by atoms with Crippen LogP contribution in [0, 0.1) is 11.6 Å². The van der Waals surface area contributed by atoms with Gasteiger partial charge in [-0.05, 0) is 66.7 Å². The van der Waals surface area contributed by atoms with Gasteiger partial charge < -0.3 is 15.0 Å². The Morgan fingerprint density at radius 3 is 2.15 bits per heavy atom. The Hall–Kier alpha value is -3.50. The highest BCUT2D eigenvalue weighted by Crippen LogP contribution is 2.24. The molecular weight excluding hydrogens is 452 g/mol. The molecule has 33 heavy (non-hydrogen) atoms. The van der Waals surface area contributed by atoms with E-state index in [1.165, 1.54) is 30.3 Å². The van der Waals surface area contributed by atoms with Crippen molar-refractivity contribution in [1.82, 2.24) is 0 Å². The highest BCUT2D eigenvalue weighted by atomic mass is 32.2.